The Morgan fingerprint density at radius 3 is 1.22 bits per heavy atom. The van der Waals surface area contributed by atoms with E-state index in [1.165, 1.54) is 81.3 Å². The van der Waals surface area contributed by atoms with Crippen LogP contribution in [0.5, 0.6) is 23.0 Å². The Balaban J connectivity index is 0.000000156. The molecular formula is C73H75Br2I2N5O5. The smallest absolute Gasteiger partial charge is 0.119 e. The van der Waals surface area contributed by atoms with Crippen molar-refractivity contribution in [3.8, 4) is 51.9 Å². The third-order valence-corrected chi connectivity index (χ3v) is 16.4. The average Bonchev–Trinajstić information content (AvgIpc) is 2.27. The van der Waals surface area contributed by atoms with Crippen LogP contribution in [0.4, 0.5) is 0 Å². The van der Waals surface area contributed by atoms with Crippen molar-refractivity contribution in [3.63, 3.8) is 0 Å². The molecule has 87 heavy (non-hydrogen) atoms. The van der Waals surface area contributed by atoms with Crippen LogP contribution >= 0.6 is 77.0 Å². The topological polar surface area (TPSA) is 99.8 Å². The molecule has 8 aromatic carbocycles. The van der Waals surface area contributed by atoms with E-state index in [1.54, 1.807) is 28.4 Å². The molecule has 0 spiro atoms. The van der Waals surface area contributed by atoms with Crippen molar-refractivity contribution >= 4 is 121 Å². The highest BCUT2D eigenvalue weighted by atomic mass is 127. The normalized spacial score (nSPS) is 10.4. The zero-order valence-electron chi connectivity index (χ0n) is 50.9. The third-order valence-electron chi connectivity index (χ3n) is 13.9. The summed E-state index contributed by atoms with van der Waals surface area (Å²) in [5.74, 6) is 9.54. The van der Waals surface area contributed by atoms with Crippen molar-refractivity contribution < 1.29 is 24.1 Å². The highest BCUT2D eigenvalue weighted by Crippen LogP contribution is 2.31. The molecule has 0 saturated heterocycles. The summed E-state index contributed by atoms with van der Waals surface area (Å²) in [5.41, 5.74) is 13.9. The quantitative estimate of drug-likeness (QED) is 0.0678. The van der Waals surface area contributed by atoms with Gasteiger partial charge in [0.15, 0.2) is 0 Å². The fraction of sp³-hybridized carbons (Fsp3) is 0.205. The van der Waals surface area contributed by atoms with Crippen LogP contribution in [0.25, 0.3) is 60.7 Å². The zero-order chi connectivity index (χ0) is 62.4. The maximum atomic E-state index is 8.77. The second-order valence-corrected chi connectivity index (χ2v) is 24.5. The fourth-order valence-corrected chi connectivity index (χ4v) is 10.9. The first-order valence-corrected chi connectivity index (χ1v) is 32.2. The Bertz CT molecular complexity index is 4020. The number of nitrogens with zero attached hydrogens (tertiary/aromatic N) is 3. The number of nitrogens with one attached hydrogen (secondary N) is 2. The number of aromatic nitrogens is 4. The van der Waals surface area contributed by atoms with Gasteiger partial charge in [0.25, 0.3) is 0 Å². The number of aliphatic hydroxyl groups excluding tert-OH is 1. The Morgan fingerprint density at radius 1 is 0.483 bits per heavy atom. The SMILES string of the molecule is Brc1ccc(I)cc1.CCCCNC.COc1ccc2[nH]c(C)cc2c1.COc1ccc2c(c1)cc(C)n2-c1ccc(Br)cc1.COc1ccc2c(c1)cc(C)n2-c1ccc(C#CCCO)cc1.COc1ccc2c(c1)cc(C)n2-c1ccc(I)cc1. The van der Waals surface area contributed by atoms with Crippen molar-refractivity contribution in [1.82, 2.24) is 24.0 Å². The number of ether oxygens (including phenoxy) is 4. The molecule has 12 rings (SSSR count). The Kier molecular flexibility index (Phi) is 26.4. The molecule has 0 aliphatic carbocycles. The second kappa shape index (κ2) is 34.0. The summed E-state index contributed by atoms with van der Waals surface area (Å²) in [7, 11) is 8.74. The summed E-state index contributed by atoms with van der Waals surface area (Å²) in [5, 5.41) is 16.6. The molecular weight excluding hydrogens is 1440 g/mol. The Labute approximate surface area is 556 Å². The maximum Gasteiger partial charge on any atom is 0.119 e. The van der Waals surface area contributed by atoms with Gasteiger partial charge in [0.1, 0.15) is 23.0 Å². The lowest BCUT2D eigenvalue weighted by Crippen LogP contribution is -2.06. The van der Waals surface area contributed by atoms with Crippen molar-refractivity contribution in [2.24, 2.45) is 0 Å². The summed E-state index contributed by atoms with van der Waals surface area (Å²) in [6.45, 7) is 11.9. The van der Waals surface area contributed by atoms with Gasteiger partial charge in [-0.25, -0.2) is 0 Å². The van der Waals surface area contributed by atoms with Crippen LogP contribution in [0, 0.1) is 46.7 Å². The molecule has 0 saturated carbocycles. The molecule has 0 aliphatic rings. The summed E-state index contributed by atoms with van der Waals surface area (Å²) in [6.07, 6.45) is 3.10. The molecule has 10 nitrogen and oxygen atoms in total. The molecule has 0 atom stereocenters. The molecule has 450 valence electrons. The van der Waals surface area contributed by atoms with Gasteiger partial charge in [-0.15, -0.1) is 0 Å². The minimum atomic E-state index is 0.100. The number of aryl methyl sites for hydroxylation is 4. The molecule has 3 N–H and O–H groups in total. The Morgan fingerprint density at radius 2 is 0.851 bits per heavy atom. The molecule has 0 unspecified atom stereocenters. The first-order valence-electron chi connectivity index (χ1n) is 28.5. The number of aromatic amines is 1. The Hall–Kier alpha value is -6.98. The van der Waals surface area contributed by atoms with E-state index >= 15 is 0 Å². The van der Waals surface area contributed by atoms with Crippen LogP contribution < -0.4 is 24.3 Å². The number of methoxy groups -OCH3 is 4. The van der Waals surface area contributed by atoms with Gasteiger partial charge < -0.3 is 48.1 Å². The summed E-state index contributed by atoms with van der Waals surface area (Å²) >= 11 is 11.4. The highest BCUT2D eigenvalue weighted by Gasteiger charge is 2.12. The van der Waals surface area contributed by atoms with Gasteiger partial charge in [-0.05, 0) is 287 Å². The van der Waals surface area contributed by atoms with Crippen molar-refractivity contribution in [2.45, 2.75) is 53.9 Å². The van der Waals surface area contributed by atoms with Gasteiger partial charge in [0, 0.05) is 95.0 Å². The summed E-state index contributed by atoms with van der Waals surface area (Å²) in [6, 6.07) is 66.4. The van der Waals surface area contributed by atoms with E-state index in [4.69, 9.17) is 24.1 Å². The molecule has 14 heteroatoms. The number of H-pyrrole nitrogens is 1. The third kappa shape index (κ3) is 19.0. The first kappa shape index (κ1) is 67.5. The molecule has 4 heterocycles. The first-order chi connectivity index (χ1) is 42.1. The molecule has 0 bridgehead atoms. The predicted molar refractivity (Wildman–Crippen MR) is 388 cm³/mol. The van der Waals surface area contributed by atoms with Crippen LogP contribution in [0.2, 0.25) is 0 Å². The van der Waals surface area contributed by atoms with Gasteiger partial charge >= 0.3 is 0 Å². The van der Waals surface area contributed by atoms with Crippen molar-refractivity contribution in [1.29, 1.82) is 0 Å². The number of unbranched alkanes of at least 4 members (excludes halogenated alkanes) is 1. The lowest BCUT2D eigenvalue weighted by atomic mass is 10.2. The number of aliphatic hydroxyl groups is 1. The fourth-order valence-electron chi connectivity index (χ4n) is 9.66. The molecule has 0 amide bonds. The van der Waals surface area contributed by atoms with E-state index in [1.807, 2.05) is 80.7 Å². The van der Waals surface area contributed by atoms with E-state index in [0.717, 1.165) is 66.2 Å². The van der Waals surface area contributed by atoms with Gasteiger partial charge in [-0.3, -0.25) is 0 Å². The van der Waals surface area contributed by atoms with Crippen LogP contribution in [-0.2, 0) is 0 Å². The van der Waals surface area contributed by atoms with E-state index in [-0.39, 0.29) is 6.61 Å². The molecule has 0 fully saturated rings. The number of hydrogen-bond donors (Lipinski definition) is 3. The zero-order valence-corrected chi connectivity index (χ0v) is 58.4. The van der Waals surface area contributed by atoms with Gasteiger partial charge in [-0.2, -0.15) is 0 Å². The molecule has 0 radical (unpaired) electrons. The minimum absolute atomic E-state index is 0.100. The molecule has 4 aromatic heterocycles. The van der Waals surface area contributed by atoms with Gasteiger partial charge in [0.05, 0.1) is 51.6 Å². The van der Waals surface area contributed by atoms with Crippen LogP contribution in [0.3, 0.4) is 0 Å². The number of halogens is 4. The van der Waals surface area contributed by atoms with Crippen molar-refractivity contribution in [3.05, 3.63) is 239 Å². The number of hydrogen-bond acceptors (Lipinski definition) is 6. The maximum absolute atomic E-state index is 8.77. The molecule has 0 aliphatic heterocycles. The lowest BCUT2D eigenvalue weighted by molar-refractivity contribution is 0.305. The van der Waals surface area contributed by atoms with E-state index in [9.17, 15) is 0 Å². The number of fused-ring (bicyclic) bond motifs is 4. The van der Waals surface area contributed by atoms with E-state index in [0.29, 0.717) is 6.42 Å². The average molecular weight is 1520 g/mol. The highest BCUT2D eigenvalue weighted by molar-refractivity contribution is 14.1. The van der Waals surface area contributed by atoms with Crippen LogP contribution in [0.1, 0.15) is 54.5 Å². The monoisotopic (exact) mass is 1510 g/mol. The van der Waals surface area contributed by atoms with E-state index < -0.39 is 0 Å². The van der Waals surface area contributed by atoms with E-state index in [2.05, 4.69) is 268 Å². The summed E-state index contributed by atoms with van der Waals surface area (Å²) < 4.78 is 32.5. The minimum Gasteiger partial charge on any atom is -0.497 e. The van der Waals surface area contributed by atoms with Gasteiger partial charge in [-0.1, -0.05) is 57.0 Å². The predicted octanol–water partition coefficient (Wildman–Crippen LogP) is 19.5. The summed E-state index contributed by atoms with van der Waals surface area (Å²) in [4.78, 5) is 3.25. The van der Waals surface area contributed by atoms with Gasteiger partial charge in [0.2, 0.25) is 0 Å². The lowest BCUT2D eigenvalue weighted by Gasteiger charge is -2.09. The molecule has 12 aromatic rings. The number of rotatable bonds is 11. The number of benzene rings is 8. The standard InChI is InChI=1S/C20H19NO2.C16H14BrNO.C16H14INO.C10H11NO.C6H4BrI.C5H13N/c1-15-13-17-14-19(23-2)10-11-20(17)21(15)18-8-6-16(7-9-18)5-3-4-12-22;2*1-11-9-12-10-15(19-2)7-8-16(12)18(11)14-5-3-13(17)4-6-14;1-7-5-8-6-9(12-2)3-4-10(8)11-7;7-5-1-3-6(8)4-2-5;1-3-4-5-6-2/h6-11,13-14,22H,4,12H2,1-2H3;2*3-10H,1-2H3;3-6,11H,1-2H3;1-4H;6H,3-5H2,1-2H3. The second-order valence-electron chi connectivity index (χ2n) is 20.2. The van der Waals surface area contributed by atoms with Crippen molar-refractivity contribution in [2.75, 3.05) is 48.6 Å². The van der Waals surface area contributed by atoms with Crippen LogP contribution in [-0.4, -0.2) is 72.4 Å². The largest absolute Gasteiger partial charge is 0.497 e. The van der Waals surface area contributed by atoms with Crippen LogP contribution in [0.15, 0.2) is 203 Å².